The van der Waals surface area contributed by atoms with Crippen LogP contribution in [0.15, 0.2) is 18.2 Å². The highest BCUT2D eigenvalue weighted by Crippen LogP contribution is 2.25. The molecule has 1 atom stereocenters. The Labute approximate surface area is 103 Å². The molecule has 0 aliphatic rings. The Balaban J connectivity index is 3.17. The Hall–Kier alpha value is -1.71. The number of carbonyl (C=O) groups excluding carboxylic acids is 1. The molecule has 94 valence electrons. The number of hydrogen-bond donors (Lipinski definition) is 2. The second kappa shape index (κ2) is 5.08. The third-order valence-electron chi connectivity index (χ3n) is 3.24. The van der Waals surface area contributed by atoms with Crippen LogP contribution in [-0.4, -0.2) is 19.0 Å². The van der Waals surface area contributed by atoms with E-state index in [9.17, 15) is 4.79 Å². The zero-order chi connectivity index (χ0) is 13.2. The van der Waals surface area contributed by atoms with Crippen molar-refractivity contribution in [3.8, 4) is 0 Å². The lowest BCUT2D eigenvalue weighted by atomic mass is 10.0. The highest BCUT2D eigenvalue weighted by molar-refractivity contribution is 5.99. The van der Waals surface area contributed by atoms with E-state index >= 15 is 0 Å². The molecule has 0 spiro atoms. The van der Waals surface area contributed by atoms with Crippen LogP contribution in [0.5, 0.6) is 0 Å². The maximum absolute atomic E-state index is 11.4. The Kier molecular flexibility index (Phi) is 3.99. The highest BCUT2D eigenvalue weighted by Gasteiger charge is 2.18. The Morgan fingerprint density at radius 3 is 2.35 bits per heavy atom. The molecule has 4 nitrogen and oxygen atoms in total. The van der Waals surface area contributed by atoms with E-state index in [1.165, 1.54) is 0 Å². The normalized spacial score (nSPS) is 12.5. The Morgan fingerprint density at radius 2 is 1.88 bits per heavy atom. The number of hydrogen-bond acceptors (Lipinski definition) is 3. The van der Waals surface area contributed by atoms with Crippen molar-refractivity contribution in [3.63, 3.8) is 0 Å². The lowest BCUT2D eigenvalue weighted by Gasteiger charge is -2.31. The van der Waals surface area contributed by atoms with Gasteiger partial charge in [-0.1, -0.05) is 13.8 Å². The summed E-state index contributed by atoms with van der Waals surface area (Å²) in [6.45, 7) is 6.40. The molecule has 17 heavy (non-hydrogen) atoms. The molecular weight excluding hydrogens is 214 g/mol. The zero-order valence-electron chi connectivity index (χ0n) is 10.9. The fourth-order valence-electron chi connectivity index (χ4n) is 1.73. The zero-order valence-corrected chi connectivity index (χ0v) is 10.9. The van der Waals surface area contributed by atoms with Crippen LogP contribution in [0, 0.1) is 5.92 Å². The van der Waals surface area contributed by atoms with E-state index in [-0.39, 0.29) is 0 Å². The number of nitrogen functional groups attached to an aromatic ring is 1. The molecule has 4 N–H and O–H groups in total. The summed E-state index contributed by atoms with van der Waals surface area (Å²) >= 11 is 0. The van der Waals surface area contributed by atoms with Crippen molar-refractivity contribution in [2.75, 3.05) is 17.7 Å². The van der Waals surface area contributed by atoms with Crippen LogP contribution in [0.1, 0.15) is 31.1 Å². The molecule has 0 saturated heterocycles. The second-order valence-electron chi connectivity index (χ2n) is 4.74. The molecule has 4 heteroatoms. The smallest absolute Gasteiger partial charge is 0.250 e. The molecule has 1 aromatic rings. The minimum atomic E-state index is -0.449. The predicted octanol–water partition coefficient (Wildman–Crippen LogP) is 1.85. The maximum atomic E-state index is 11.4. The monoisotopic (exact) mass is 235 g/mol. The van der Waals surface area contributed by atoms with E-state index in [0.29, 0.717) is 23.2 Å². The van der Waals surface area contributed by atoms with Crippen molar-refractivity contribution >= 4 is 17.3 Å². The van der Waals surface area contributed by atoms with Crippen LogP contribution in [0.3, 0.4) is 0 Å². The van der Waals surface area contributed by atoms with Gasteiger partial charge in [-0.05, 0) is 31.0 Å². The molecule has 0 saturated carbocycles. The first kappa shape index (κ1) is 13.4. The lowest BCUT2D eigenvalue weighted by molar-refractivity contribution is 0.100. The average molecular weight is 235 g/mol. The standard InChI is InChI=1S/C13H21N3O/c1-8(2)9(3)16(4)12-6-5-10(14)7-11(12)13(15)17/h5-9H,14H2,1-4H3,(H2,15,17). The van der Waals surface area contributed by atoms with Gasteiger partial charge < -0.3 is 16.4 Å². The quantitative estimate of drug-likeness (QED) is 0.782. The summed E-state index contributed by atoms with van der Waals surface area (Å²) in [5.41, 5.74) is 12.9. The van der Waals surface area contributed by atoms with Crippen LogP contribution in [-0.2, 0) is 0 Å². The Morgan fingerprint density at radius 1 is 1.29 bits per heavy atom. The van der Waals surface area contributed by atoms with Gasteiger partial charge >= 0.3 is 0 Å². The molecule has 0 radical (unpaired) electrons. The van der Waals surface area contributed by atoms with Crippen LogP contribution in [0.4, 0.5) is 11.4 Å². The van der Waals surface area contributed by atoms with Gasteiger partial charge in [0.05, 0.1) is 5.56 Å². The second-order valence-corrected chi connectivity index (χ2v) is 4.74. The van der Waals surface area contributed by atoms with Gasteiger partial charge in [0.25, 0.3) is 5.91 Å². The molecule has 0 aliphatic heterocycles. The predicted molar refractivity (Wildman–Crippen MR) is 72.1 cm³/mol. The molecule has 1 unspecified atom stereocenters. The minimum absolute atomic E-state index is 0.316. The largest absolute Gasteiger partial charge is 0.399 e. The van der Waals surface area contributed by atoms with E-state index in [0.717, 1.165) is 5.69 Å². The summed E-state index contributed by atoms with van der Waals surface area (Å²) in [7, 11) is 1.96. The van der Waals surface area contributed by atoms with Gasteiger partial charge in [-0.3, -0.25) is 4.79 Å². The summed E-state index contributed by atoms with van der Waals surface area (Å²) in [4.78, 5) is 13.5. The lowest BCUT2D eigenvalue weighted by Crippen LogP contribution is -2.34. The van der Waals surface area contributed by atoms with E-state index in [1.54, 1.807) is 12.1 Å². The number of rotatable bonds is 4. The van der Waals surface area contributed by atoms with Crippen molar-refractivity contribution < 1.29 is 4.79 Å². The molecule has 1 amide bonds. The van der Waals surface area contributed by atoms with Gasteiger partial charge in [0.15, 0.2) is 0 Å². The van der Waals surface area contributed by atoms with E-state index < -0.39 is 5.91 Å². The number of benzene rings is 1. The third-order valence-corrected chi connectivity index (χ3v) is 3.24. The summed E-state index contributed by atoms with van der Waals surface area (Å²) in [5.74, 6) is 0.0355. The first-order chi connectivity index (χ1) is 7.84. The average Bonchev–Trinajstić information content (AvgIpc) is 2.26. The van der Waals surface area contributed by atoms with Crippen molar-refractivity contribution in [1.29, 1.82) is 0 Å². The third kappa shape index (κ3) is 2.90. The number of carbonyl (C=O) groups is 1. The highest BCUT2D eigenvalue weighted by atomic mass is 16.1. The first-order valence-electron chi connectivity index (χ1n) is 5.76. The van der Waals surface area contributed by atoms with Gasteiger partial charge in [-0.2, -0.15) is 0 Å². The summed E-state index contributed by atoms with van der Waals surface area (Å²) in [6, 6.07) is 5.57. The van der Waals surface area contributed by atoms with E-state index in [1.807, 2.05) is 13.1 Å². The van der Waals surface area contributed by atoms with Crippen molar-refractivity contribution in [3.05, 3.63) is 23.8 Å². The fraction of sp³-hybridized carbons (Fsp3) is 0.462. The van der Waals surface area contributed by atoms with Crippen molar-refractivity contribution in [2.24, 2.45) is 11.7 Å². The van der Waals surface area contributed by atoms with Crippen LogP contribution >= 0.6 is 0 Å². The van der Waals surface area contributed by atoms with Crippen LogP contribution in [0.2, 0.25) is 0 Å². The fourth-order valence-corrected chi connectivity index (χ4v) is 1.73. The number of anilines is 2. The van der Waals surface area contributed by atoms with Crippen molar-refractivity contribution in [2.45, 2.75) is 26.8 Å². The molecule has 0 bridgehead atoms. The Bertz CT molecular complexity index is 415. The molecule has 0 heterocycles. The molecule has 1 aromatic carbocycles. The summed E-state index contributed by atoms with van der Waals surface area (Å²) in [6.07, 6.45) is 0. The summed E-state index contributed by atoms with van der Waals surface area (Å²) in [5, 5.41) is 0. The molecule has 1 rings (SSSR count). The molecular formula is C13H21N3O. The van der Waals surface area contributed by atoms with E-state index in [4.69, 9.17) is 11.5 Å². The number of nitrogens with zero attached hydrogens (tertiary/aromatic N) is 1. The first-order valence-corrected chi connectivity index (χ1v) is 5.76. The van der Waals surface area contributed by atoms with Crippen molar-refractivity contribution in [1.82, 2.24) is 0 Å². The van der Waals surface area contributed by atoms with Gasteiger partial charge in [0, 0.05) is 24.5 Å². The van der Waals surface area contributed by atoms with Gasteiger partial charge in [-0.15, -0.1) is 0 Å². The molecule has 0 aromatic heterocycles. The maximum Gasteiger partial charge on any atom is 0.250 e. The van der Waals surface area contributed by atoms with E-state index in [2.05, 4.69) is 25.7 Å². The topological polar surface area (TPSA) is 72.3 Å². The number of nitrogens with two attached hydrogens (primary N) is 2. The molecule has 0 aliphatic carbocycles. The summed E-state index contributed by atoms with van der Waals surface area (Å²) < 4.78 is 0. The number of amides is 1. The SMILES string of the molecule is CC(C)C(C)N(C)c1ccc(N)cc1C(N)=O. The van der Waals surface area contributed by atoms with Gasteiger partial charge in [0.2, 0.25) is 0 Å². The van der Waals surface area contributed by atoms with Gasteiger partial charge in [-0.25, -0.2) is 0 Å². The van der Waals surface area contributed by atoms with Crippen LogP contribution < -0.4 is 16.4 Å². The van der Waals surface area contributed by atoms with Crippen LogP contribution in [0.25, 0.3) is 0 Å². The minimum Gasteiger partial charge on any atom is -0.399 e. The van der Waals surface area contributed by atoms with Gasteiger partial charge in [0.1, 0.15) is 0 Å². The number of primary amides is 1. The molecule has 0 fully saturated rings.